The largest absolute Gasteiger partial charge is 0.309 e. The van der Waals surface area contributed by atoms with Gasteiger partial charge in [0.05, 0.1) is 45.8 Å². The molecule has 0 saturated heterocycles. The fourth-order valence-electron chi connectivity index (χ4n) is 6.60. The molecular formula is C40H26N4. The van der Waals surface area contributed by atoms with E-state index >= 15 is 0 Å². The lowest BCUT2D eigenvalue weighted by Crippen LogP contribution is -1.96. The van der Waals surface area contributed by atoms with Gasteiger partial charge in [-0.2, -0.15) is 0 Å². The van der Waals surface area contributed by atoms with Crippen molar-refractivity contribution in [1.82, 2.24) is 19.1 Å². The molecule has 3 aromatic heterocycles. The van der Waals surface area contributed by atoms with Crippen molar-refractivity contribution in [2.45, 2.75) is 0 Å². The third-order valence-corrected chi connectivity index (χ3v) is 8.64. The highest BCUT2D eigenvalue weighted by Crippen LogP contribution is 2.37. The van der Waals surface area contributed by atoms with Crippen LogP contribution in [0.2, 0.25) is 0 Å². The minimum Gasteiger partial charge on any atom is -0.309 e. The number of fused-ring (bicyclic) bond motifs is 6. The molecule has 0 aliphatic heterocycles. The second-order valence-electron chi connectivity index (χ2n) is 11.1. The topological polar surface area (TPSA) is 35.6 Å². The Morgan fingerprint density at radius 1 is 0.341 bits per heavy atom. The predicted octanol–water partition coefficient (Wildman–Crippen LogP) is 10.0. The van der Waals surface area contributed by atoms with Crippen molar-refractivity contribution in [3.63, 3.8) is 0 Å². The minimum atomic E-state index is 0.856. The van der Waals surface area contributed by atoms with Gasteiger partial charge in [0.15, 0.2) is 0 Å². The van der Waals surface area contributed by atoms with Gasteiger partial charge < -0.3 is 9.13 Å². The van der Waals surface area contributed by atoms with Crippen LogP contribution in [0, 0.1) is 0 Å². The van der Waals surface area contributed by atoms with Gasteiger partial charge in [-0.15, -0.1) is 0 Å². The van der Waals surface area contributed by atoms with Crippen LogP contribution in [-0.4, -0.2) is 19.1 Å². The van der Waals surface area contributed by atoms with E-state index in [1.54, 1.807) is 0 Å². The highest BCUT2D eigenvalue weighted by Gasteiger charge is 2.16. The Balaban J connectivity index is 1.16. The molecule has 4 heteroatoms. The van der Waals surface area contributed by atoms with E-state index < -0.39 is 0 Å². The third kappa shape index (κ3) is 3.78. The van der Waals surface area contributed by atoms with Crippen LogP contribution in [0.1, 0.15) is 0 Å². The van der Waals surface area contributed by atoms with Crippen molar-refractivity contribution in [2.75, 3.05) is 0 Å². The summed E-state index contributed by atoms with van der Waals surface area (Å²) >= 11 is 0. The molecule has 0 N–H and O–H groups in total. The van der Waals surface area contributed by atoms with Gasteiger partial charge in [0.2, 0.25) is 0 Å². The second-order valence-corrected chi connectivity index (χ2v) is 11.1. The number of nitrogens with zero attached hydrogens (tertiary/aromatic N) is 4. The molecule has 0 aliphatic carbocycles. The normalized spacial score (nSPS) is 11.6. The van der Waals surface area contributed by atoms with Crippen molar-refractivity contribution < 1.29 is 0 Å². The zero-order valence-electron chi connectivity index (χ0n) is 23.8. The van der Waals surface area contributed by atoms with Crippen molar-refractivity contribution >= 4 is 43.6 Å². The first-order valence-electron chi connectivity index (χ1n) is 14.8. The lowest BCUT2D eigenvalue weighted by Gasteiger charge is -2.11. The number of hydrogen-bond acceptors (Lipinski definition) is 2. The van der Waals surface area contributed by atoms with Crippen LogP contribution >= 0.6 is 0 Å². The van der Waals surface area contributed by atoms with Crippen LogP contribution in [0.15, 0.2) is 158 Å². The Hall–Kier alpha value is -6.00. The predicted molar refractivity (Wildman–Crippen MR) is 182 cm³/mol. The van der Waals surface area contributed by atoms with Gasteiger partial charge in [0, 0.05) is 44.0 Å². The SMILES string of the molecule is c1ccc(-c2cnc(-c3ccc(-n4c5ccccc5c5cc(-n6c7ccccc7c7ccccc76)ccc54)cc3)cn2)cc1. The fourth-order valence-corrected chi connectivity index (χ4v) is 6.60. The van der Waals surface area contributed by atoms with E-state index in [0.717, 1.165) is 33.9 Å². The maximum atomic E-state index is 4.72. The van der Waals surface area contributed by atoms with Crippen molar-refractivity contribution in [3.05, 3.63) is 158 Å². The Labute approximate surface area is 254 Å². The molecule has 0 fully saturated rings. The first-order chi connectivity index (χ1) is 21.8. The molecule has 9 aromatic rings. The van der Waals surface area contributed by atoms with Crippen LogP contribution in [0.25, 0.3) is 77.5 Å². The second kappa shape index (κ2) is 9.79. The molecular weight excluding hydrogens is 536 g/mol. The maximum Gasteiger partial charge on any atom is 0.0885 e. The number of rotatable bonds is 4. The number of para-hydroxylation sites is 3. The molecule has 4 nitrogen and oxygen atoms in total. The van der Waals surface area contributed by atoms with Gasteiger partial charge in [-0.05, 0) is 48.5 Å². The summed E-state index contributed by atoms with van der Waals surface area (Å²) in [4.78, 5) is 9.40. The van der Waals surface area contributed by atoms with E-state index in [9.17, 15) is 0 Å². The first kappa shape index (κ1) is 24.6. The van der Waals surface area contributed by atoms with E-state index in [2.05, 4.69) is 142 Å². The van der Waals surface area contributed by atoms with Crippen LogP contribution in [0.4, 0.5) is 0 Å². The van der Waals surface area contributed by atoms with Gasteiger partial charge in [-0.1, -0.05) is 97.1 Å². The molecule has 6 aromatic carbocycles. The average Bonchev–Trinajstić information content (AvgIpc) is 3.61. The molecule has 0 aliphatic rings. The van der Waals surface area contributed by atoms with Gasteiger partial charge in [-0.25, -0.2) is 0 Å². The Kier molecular flexibility index (Phi) is 5.47. The van der Waals surface area contributed by atoms with Gasteiger partial charge in [0.25, 0.3) is 0 Å². The Bertz CT molecular complexity index is 2410. The molecule has 44 heavy (non-hydrogen) atoms. The molecule has 3 heterocycles. The van der Waals surface area contributed by atoms with Crippen LogP contribution in [0.3, 0.4) is 0 Å². The summed E-state index contributed by atoms with van der Waals surface area (Å²) in [5.41, 5.74) is 10.9. The summed E-state index contributed by atoms with van der Waals surface area (Å²) in [6.45, 7) is 0. The molecule has 0 saturated carbocycles. The van der Waals surface area contributed by atoms with E-state index in [-0.39, 0.29) is 0 Å². The molecule has 206 valence electrons. The van der Waals surface area contributed by atoms with Crippen molar-refractivity contribution in [2.24, 2.45) is 0 Å². The van der Waals surface area contributed by atoms with E-state index in [0.29, 0.717) is 0 Å². The molecule has 0 atom stereocenters. The van der Waals surface area contributed by atoms with Gasteiger partial charge >= 0.3 is 0 Å². The molecule has 0 spiro atoms. The molecule has 0 bridgehead atoms. The zero-order chi connectivity index (χ0) is 29.0. The smallest absolute Gasteiger partial charge is 0.0885 e. The Morgan fingerprint density at radius 2 is 0.773 bits per heavy atom. The summed E-state index contributed by atoms with van der Waals surface area (Å²) in [5.74, 6) is 0. The summed E-state index contributed by atoms with van der Waals surface area (Å²) < 4.78 is 4.74. The number of hydrogen-bond donors (Lipinski definition) is 0. The van der Waals surface area contributed by atoms with Crippen LogP contribution in [0.5, 0.6) is 0 Å². The van der Waals surface area contributed by atoms with E-state index in [1.807, 2.05) is 30.6 Å². The minimum absolute atomic E-state index is 0.856. The van der Waals surface area contributed by atoms with E-state index in [4.69, 9.17) is 4.98 Å². The lowest BCUT2D eigenvalue weighted by molar-refractivity contribution is 1.16. The van der Waals surface area contributed by atoms with Crippen LogP contribution < -0.4 is 0 Å². The standard InChI is InChI=1S/C40H26N4/c1-2-10-27(11-3-1)35-25-42-36(26-41-35)28-18-20-29(21-19-28)43-39-17-9-6-14-33(39)34-24-30(22-23-40(34)43)44-37-15-7-4-12-31(37)32-13-5-8-16-38(32)44/h1-26H. The van der Waals surface area contributed by atoms with Crippen LogP contribution in [-0.2, 0) is 0 Å². The first-order valence-corrected chi connectivity index (χ1v) is 14.8. The fraction of sp³-hybridized carbons (Fsp3) is 0. The quantitative estimate of drug-likeness (QED) is 0.214. The third-order valence-electron chi connectivity index (χ3n) is 8.64. The zero-order valence-corrected chi connectivity index (χ0v) is 23.8. The maximum absolute atomic E-state index is 4.72. The average molecular weight is 563 g/mol. The summed E-state index contributed by atoms with van der Waals surface area (Å²) in [6.07, 6.45) is 3.70. The number of benzene rings is 6. The monoisotopic (exact) mass is 562 g/mol. The highest BCUT2D eigenvalue weighted by atomic mass is 15.0. The molecule has 0 amide bonds. The van der Waals surface area contributed by atoms with E-state index in [1.165, 1.54) is 43.6 Å². The molecule has 9 rings (SSSR count). The summed E-state index contributed by atoms with van der Waals surface area (Å²) in [6, 6.07) is 51.6. The van der Waals surface area contributed by atoms with Gasteiger partial charge in [0.1, 0.15) is 0 Å². The Morgan fingerprint density at radius 3 is 1.34 bits per heavy atom. The molecule has 0 unspecified atom stereocenters. The van der Waals surface area contributed by atoms with Crippen molar-refractivity contribution in [1.29, 1.82) is 0 Å². The van der Waals surface area contributed by atoms with Crippen molar-refractivity contribution in [3.8, 4) is 33.9 Å². The molecule has 0 radical (unpaired) electrons. The lowest BCUT2D eigenvalue weighted by atomic mass is 10.1. The number of aromatic nitrogens is 4. The summed E-state index contributed by atoms with van der Waals surface area (Å²) in [5, 5.41) is 5.00. The van der Waals surface area contributed by atoms with Gasteiger partial charge in [-0.3, -0.25) is 9.97 Å². The summed E-state index contributed by atoms with van der Waals surface area (Å²) in [7, 11) is 0. The highest BCUT2D eigenvalue weighted by molar-refractivity contribution is 6.12.